The van der Waals surface area contributed by atoms with E-state index in [-0.39, 0.29) is 26.3 Å². The van der Waals surface area contributed by atoms with E-state index < -0.39 is 30.7 Å². The molecule has 3 N–H and O–H groups in total. The van der Waals surface area contributed by atoms with Gasteiger partial charge in [-0.1, -0.05) is 6.07 Å². The molecular formula is C25H31F3N4O5. The number of pyridine rings is 1. The normalized spacial score (nSPS) is 20.3. The molecule has 202 valence electrons. The van der Waals surface area contributed by atoms with Crippen LogP contribution in [0.1, 0.15) is 12.0 Å². The van der Waals surface area contributed by atoms with E-state index in [1.54, 1.807) is 18.2 Å². The van der Waals surface area contributed by atoms with Crippen LogP contribution in [0.5, 0.6) is 5.88 Å². The van der Waals surface area contributed by atoms with Crippen molar-refractivity contribution in [2.75, 3.05) is 62.8 Å². The molecule has 0 bridgehead atoms. The standard InChI is InChI=1S/C25H31F3N4O5/c1-16-2-3-19(29-24(35)32-14-18(21(34)15-32)13-25(26,27)28)12-20(16)17-10-22(31-4-7-36-8-5-31)30-23(11-17)37-9-6-33/h2-3,10-12,18,21,33-34H,4-9,13-15H2,1H3,(H,29,35). The van der Waals surface area contributed by atoms with Gasteiger partial charge >= 0.3 is 12.2 Å². The van der Waals surface area contributed by atoms with Gasteiger partial charge in [0.15, 0.2) is 0 Å². The summed E-state index contributed by atoms with van der Waals surface area (Å²) >= 11 is 0. The lowest BCUT2D eigenvalue weighted by Gasteiger charge is -2.28. The molecule has 0 saturated carbocycles. The molecule has 2 atom stereocenters. The first-order valence-electron chi connectivity index (χ1n) is 12.1. The van der Waals surface area contributed by atoms with E-state index >= 15 is 0 Å². The Balaban J connectivity index is 1.55. The van der Waals surface area contributed by atoms with Gasteiger partial charge in [0.25, 0.3) is 0 Å². The largest absolute Gasteiger partial charge is 0.475 e. The quantitative estimate of drug-likeness (QED) is 0.511. The van der Waals surface area contributed by atoms with Gasteiger partial charge in [-0.05, 0) is 41.8 Å². The van der Waals surface area contributed by atoms with E-state index in [1.165, 1.54) is 4.90 Å². The molecule has 1 aromatic carbocycles. The first-order valence-corrected chi connectivity index (χ1v) is 12.1. The van der Waals surface area contributed by atoms with Crippen molar-refractivity contribution >= 4 is 17.5 Å². The summed E-state index contributed by atoms with van der Waals surface area (Å²) in [6.07, 6.45) is -6.77. The summed E-state index contributed by atoms with van der Waals surface area (Å²) in [6.45, 7) is 4.00. The van der Waals surface area contributed by atoms with Gasteiger partial charge in [0.2, 0.25) is 5.88 Å². The Labute approximate surface area is 212 Å². The first-order chi connectivity index (χ1) is 17.6. The summed E-state index contributed by atoms with van der Waals surface area (Å²) in [4.78, 5) is 20.6. The molecule has 0 spiro atoms. The molecule has 9 nitrogen and oxygen atoms in total. The summed E-state index contributed by atoms with van der Waals surface area (Å²) in [5, 5.41) is 21.9. The number of carbonyl (C=O) groups excluding carboxylic acids is 1. The number of morpholine rings is 1. The number of nitrogens with zero attached hydrogens (tertiary/aromatic N) is 3. The van der Waals surface area contributed by atoms with Crippen molar-refractivity contribution in [2.24, 2.45) is 5.92 Å². The number of hydrogen-bond donors (Lipinski definition) is 3. The number of aliphatic hydroxyl groups is 2. The topological polar surface area (TPSA) is 107 Å². The van der Waals surface area contributed by atoms with Crippen molar-refractivity contribution in [3.8, 4) is 17.0 Å². The molecule has 2 fully saturated rings. The second kappa shape index (κ2) is 11.5. The highest BCUT2D eigenvalue weighted by molar-refractivity contribution is 5.91. The lowest BCUT2D eigenvalue weighted by Crippen LogP contribution is -2.36. The summed E-state index contributed by atoms with van der Waals surface area (Å²) in [5.74, 6) is 0.0000723. The SMILES string of the molecule is Cc1ccc(NC(=O)N2CC(O)C(CC(F)(F)F)C2)cc1-c1cc(OCCO)nc(N2CCOCC2)c1. The average molecular weight is 525 g/mol. The second-order valence-electron chi connectivity index (χ2n) is 9.24. The molecule has 2 aromatic rings. The average Bonchev–Trinajstić information content (AvgIpc) is 3.23. The molecule has 3 heterocycles. The molecule has 37 heavy (non-hydrogen) atoms. The molecule has 2 saturated heterocycles. The van der Waals surface area contributed by atoms with E-state index in [0.717, 1.165) is 16.7 Å². The van der Waals surface area contributed by atoms with Crippen LogP contribution < -0.4 is 15.0 Å². The Kier molecular flexibility index (Phi) is 8.40. The maximum Gasteiger partial charge on any atom is 0.389 e. The smallest absolute Gasteiger partial charge is 0.389 e. The number of benzene rings is 1. The molecule has 2 aliphatic rings. The molecule has 12 heteroatoms. The summed E-state index contributed by atoms with van der Waals surface area (Å²) < 4.78 is 49.4. The molecule has 2 unspecified atom stereocenters. The number of rotatable bonds is 7. The molecule has 0 aliphatic carbocycles. The van der Waals surface area contributed by atoms with Gasteiger partial charge in [0.1, 0.15) is 12.4 Å². The third-order valence-electron chi connectivity index (χ3n) is 6.45. The minimum absolute atomic E-state index is 0.0884. The van der Waals surface area contributed by atoms with Gasteiger partial charge in [0.05, 0.1) is 32.3 Å². The number of aliphatic hydroxyl groups excluding tert-OH is 2. The van der Waals surface area contributed by atoms with Crippen LogP contribution in [0.3, 0.4) is 0 Å². The van der Waals surface area contributed by atoms with Gasteiger partial charge in [-0.2, -0.15) is 18.2 Å². The van der Waals surface area contributed by atoms with E-state index in [0.29, 0.717) is 43.7 Å². The van der Waals surface area contributed by atoms with Crippen LogP contribution in [0, 0.1) is 12.8 Å². The highest BCUT2D eigenvalue weighted by Crippen LogP contribution is 2.33. The minimum atomic E-state index is -4.41. The number of alkyl halides is 3. The van der Waals surface area contributed by atoms with Crippen molar-refractivity contribution in [1.82, 2.24) is 9.88 Å². The molecule has 0 radical (unpaired) electrons. The van der Waals surface area contributed by atoms with Crippen molar-refractivity contribution in [3.63, 3.8) is 0 Å². The van der Waals surface area contributed by atoms with Crippen LogP contribution in [0.25, 0.3) is 11.1 Å². The van der Waals surface area contributed by atoms with Crippen LogP contribution in [0.4, 0.5) is 29.5 Å². The van der Waals surface area contributed by atoms with Crippen LogP contribution in [0.15, 0.2) is 30.3 Å². The fourth-order valence-electron chi connectivity index (χ4n) is 4.56. The fraction of sp³-hybridized carbons (Fsp3) is 0.520. The fourth-order valence-corrected chi connectivity index (χ4v) is 4.56. The Morgan fingerprint density at radius 1 is 1.22 bits per heavy atom. The molecule has 2 amide bonds. The molecule has 4 rings (SSSR count). The number of anilines is 2. The van der Waals surface area contributed by atoms with Crippen LogP contribution in [-0.4, -0.2) is 91.0 Å². The summed E-state index contributed by atoms with van der Waals surface area (Å²) in [7, 11) is 0. The Hall–Kier alpha value is -3.09. The van der Waals surface area contributed by atoms with Crippen molar-refractivity contribution in [1.29, 1.82) is 0 Å². The van der Waals surface area contributed by atoms with E-state index in [2.05, 4.69) is 15.2 Å². The third-order valence-corrected chi connectivity index (χ3v) is 6.45. The monoisotopic (exact) mass is 524 g/mol. The van der Waals surface area contributed by atoms with Gasteiger partial charge in [0, 0.05) is 43.9 Å². The van der Waals surface area contributed by atoms with Crippen LogP contribution in [-0.2, 0) is 4.74 Å². The molecule has 2 aliphatic heterocycles. The van der Waals surface area contributed by atoms with E-state index in [9.17, 15) is 28.2 Å². The first kappa shape index (κ1) is 27.0. The van der Waals surface area contributed by atoms with Gasteiger partial charge in [-0.3, -0.25) is 0 Å². The van der Waals surface area contributed by atoms with Crippen molar-refractivity contribution in [3.05, 3.63) is 35.9 Å². The lowest BCUT2D eigenvalue weighted by atomic mass is 10.0. The Morgan fingerprint density at radius 3 is 2.68 bits per heavy atom. The number of amides is 2. The van der Waals surface area contributed by atoms with Gasteiger partial charge < -0.3 is 34.8 Å². The Bertz CT molecular complexity index is 1090. The predicted octanol–water partition coefficient (Wildman–Crippen LogP) is 3.04. The number of aromatic nitrogens is 1. The number of ether oxygens (including phenoxy) is 2. The number of β-amino-alcohol motifs (C(OH)–C–C–N with tert-alkyl or cyclic N) is 1. The van der Waals surface area contributed by atoms with Crippen molar-refractivity contribution in [2.45, 2.75) is 25.6 Å². The summed E-state index contributed by atoms with van der Waals surface area (Å²) in [5.41, 5.74) is 2.98. The zero-order chi connectivity index (χ0) is 26.6. The van der Waals surface area contributed by atoms with E-state index in [4.69, 9.17) is 9.47 Å². The maximum absolute atomic E-state index is 12.8. The Morgan fingerprint density at radius 2 is 1.97 bits per heavy atom. The van der Waals surface area contributed by atoms with Crippen LogP contribution in [0.2, 0.25) is 0 Å². The molecular weight excluding hydrogens is 493 g/mol. The highest BCUT2D eigenvalue weighted by Gasteiger charge is 2.41. The number of likely N-dealkylation sites (tertiary alicyclic amines) is 1. The number of urea groups is 1. The zero-order valence-corrected chi connectivity index (χ0v) is 20.5. The third kappa shape index (κ3) is 7.02. The number of hydrogen-bond acceptors (Lipinski definition) is 7. The van der Waals surface area contributed by atoms with Crippen LogP contribution >= 0.6 is 0 Å². The minimum Gasteiger partial charge on any atom is -0.475 e. The predicted molar refractivity (Wildman–Crippen MR) is 131 cm³/mol. The number of carbonyl (C=O) groups is 1. The number of halogens is 3. The van der Waals surface area contributed by atoms with Gasteiger partial charge in [-0.25, -0.2) is 4.79 Å². The zero-order valence-electron chi connectivity index (χ0n) is 20.5. The van der Waals surface area contributed by atoms with E-state index in [1.807, 2.05) is 19.1 Å². The number of nitrogens with one attached hydrogen (secondary N) is 1. The second-order valence-corrected chi connectivity index (χ2v) is 9.24. The highest BCUT2D eigenvalue weighted by atomic mass is 19.4. The number of aryl methyl sites for hydroxylation is 1. The summed E-state index contributed by atoms with van der Waals surface area (Å²) in [6, 6.07) is 8.43. The van der Waals surface area contributed by atoms with Gasteiger partial charge in [-0.15, -0.1) is 0 Å². The maximum atomic E-state index is 12.8. The lowest BCUT2D eigenvalue weighted by molar-refractivity contribution is -0.149. The van der Waals surface area contributed by atoms with Crippen molar-refractivity contribution < 1.29 is 37.7 Å². The molecule has 1 aromatic heterocycles.